The number of carbonyl (C=O) groups is 1. The zero-order valence-corrected chi connectivity index (χ0v) is 17.5. The van der Waals surface area contributed by atoms with Crippen LogP contribution in [0.4, 0.5) is 19.0 Å². The summed E-state index contributed by atoms with van der Waals surface area (Å²) in [5.41, 5.74) is 7.75. The predicted molar refractivity (Wildman–Crippen MR) is 113 cm³/mol. The van der Waals surface area contributed by atoms with Crippen molar-refractivity contribution in [2.75, 3.05) is 18.9 Å². The van der Waals surface area contributed by atoms with Crippen LogP contribution in [0.3, 0.4) is 0 Å². The number of aromatic nitrogens is 4. The van der Waals surface area contributed by atoms with Crippen LogP contribution in [0.15, 0.2) is 49.1 Å². The molecule has 0 bridgehead atoms. The second kappa shape index (κ2) is 7.69. The van der Waals surface area contributed by atoms with Gasteiger partial charge < -0.3 is 15.4 Å². The minimum Gasteiger partial charge on any atom is -0.382 e. The van der Waals surface area contributed by atoms with Gasteiger partial charge in [0.1, 0.15) is 11.3 Å². The van der Waals surface area contributed by atoms with Crippen LogP contribution in [0, 0.1) is 0 Å². The molecule has 0 radical (unpaired) electrons. The summed E-state index contributed by atoms with van der Waals surface area (Å²) >= 11 is 0. The maximum atomic E-state index is 13.6. The van der Waals surface area contributed by atoms with Crippen LogP contribution in [0.2, 0.25) is 0 Å². The van der Waals surface area contributed by atoms with Crippen molar-refractivity contribution in [1.82, 2.24) is 24.3 Å². The first-order chi connectivity index (χ1) is 15.7. The van der Waals surface area contributed by atoms with Crippen LogP contribution in [-0.4, -0.2) is 49.4 Å². The first-order valence-electron chi connectivity index (χ1n) is 10.2. The number of nitrogens with two attached hydrogens (primary N) is 1. The maximum Gasteiger partial charge on any atom is 0.417 e. The van der Waals surface area contributed by atoms with Crippen molar-refractivity contribution >= 4 is 28.3 Å². The highest BCUT2D eigenvalue weighted by molar-refractivity contribution is 5.98. The fraction of sp³-hybridized carbons (Fsp3) is 0.273. The van der Waals surface area contributed by atoms with E-state index in [-0.39, 0.29) is 18.6 Å². The normalized spacial score (nSPS) is 19.3. The zero-order valence-electron chi connectivity index (χ0n) is 17.5. The third kappa shape index (κ3) is 3.63. The molecule has 4 aromatic rings. The number of halogens is 3. The molecule has 2 atom stereocenters. The van der Waals surface area contributed by atoms with Gasteiger partial charge in [-0.25, -0.2) is 9.97 Å². The first-order valence-corrected chi connectivity index (χ1v) is 10.2. The summed E-state index contributed by atoms with van der Waals surface area (Å²) in [6.45, 7) is 2.26. The molecule has 1 amide bonds. The summed E-state index contributed by atoms with van der Waals surface area (Å²) in [5.74, 6) is 0.0406. The van der Waals surface area contributed by atoms with Gasteiger partial charge in [-0.05, 0) is 37.3 Å². The fourth-order valence-electron chi connectivity index (χ4n) is 4.11. The number of morpholine rings is 1. The Kier molecular flexibility index (Phi) is 4.93. The second-order valence-electron chi connectivity index (χ2n) is 7.93. The van der Waals surface area contributed by atoms with Gasteiger partial charge in [0.15, 0.2) is 0 Å². The quantitative estimate of drug-likeness (QED) is 0.496. The van der Waals surface area contributed by atoms with E-state index in [0.29, 0.717) is 40.2 Å². The highest BCUT2D eigenvalue weighted by Crippen LogP contribution is 2.32. The molecule has 8 nitrogen and oxygen atoms in total. The van der Waals surface area contributed by atoms with Crippen molar-refractivity contribution in [2.24, 2.45) is 0 Å². The molecule has 0 spiro atoms. The largest absolute Gasteiger partial charge is 0.417 e. The summed E-state index contributed by atoms with van der Waals surface area (Å²) in [5, 5.41) is 0. The topological polar surface area (TPSA) is 98.6 Å². The minimum absolute atomic E-state index is 0.131. The Morgan fingerprint density at radius 2 is 1.97 bits per heavy atom. The summed E-state index contributed by atoms with van der Waals surface area (Å²) in [6.07, 6.45) is -0.527. The SMILES string of the molecule is CC1COCC(c2ccc(C(F)(F)F)cn2)N1C(=O)c1ccc2nc(N)c3cncn3c2c1. The molecular formula is C22H19F3N6O2. The molecule has 5 rings (SSSR count). The number of nitrogen functional groups attached to an aromatic ring is 1. The highest BCUT2D eigenvalue weighted by atomic mass is 19.4. The summed E-state index contributed by atoms with van der Waals surface area (Å²) in [6, 6.07) is 6.38. The van der Waals surface area contributed by atoms with E-state index in [4.69, 9.17) is 10.5 Å². The van der Waals surface area contributed by atoms with Crippen LogP contribution in [0.5, 0.6) is 0 Å². The molecule has 0 saturated carbocycles. The molecule has 2 unspecified atom stereocenters. The first kappa shape index (κ1) is 21.1. The number of pyridine rings is 1. The smallest absolute Gasteiger partial charge is 0.382 e. The number of hydrogen-bond donors (Lipinski definition) is 1. The van der Waals surface area contributed by atoms with Crippen molar-refractivity contribution in [3.63, 3.8) is 0 Å². The average Bonchev–Trinajstić information content (AvgIpc) is 3.29. The lowest BCUT2D eigenvalue weighted by molar-refractivity contribution is -0.137. The summed E-state index contributed by atoms with van der Waals surface area (Å²) in [7, 11) is 0. The Morgan fingerprint density at radius 1 is 1.15 bits per heavy atom. The number of amides is 1. The van der Waals surface area contributed by atoms with E-state index in [1.807, 2.05) is 6.92 Å². The van der Waals surface area contributed by atoms with Gasteiger partial charge in [0.25, 0.3) is 5.91 Å². The van der Waals surface area contributed by atoms with Crippen LogP contribution >= 0.6 is 0 Å². The number of alkyl halides is 3. The molecule has 33 heavy (non-hydrogen) atoms. The molecule has 1 aliphatic heterocycles. The number of nitrogens with zero attached hydrogens (tertiary/aromatic N) is 5. The number of ether oxygens (including phenoxy) is 1. The maximum absolute atomic E-state index is 13.6. The molecule has 2 N–H and O–H groups in total. The third-order valence-corrected chi connectivity index (χ3v) is 5.76. The number of fused-ring (bicyclic) bond motifs is 3. The molecule has 3 aromatic heterocycles. The molecule has 4 heterocycles. The van der Waals surface area contributed by atoms with Crippen molar-refractivity contribution < 1.29 is 22.7 Å². The zero-order chi connectivity index (χ0) is 23.3. The van der Waals surface area contributed by atoms with Gasteiger partial charge in [0, 0.05) is 11.8 Å². The Bertz CT molecular complexity index is 1350. The lowest BCUT2D eigenvalue weighted by Crippen LogP contribution is -2.49. The molecular weight excluding hydrogens is 437 g/mol. The number of hydrogen-bond acceptors (Lipinski definition) is 6. The van der Waals surface area contributed by atoms with E-state index in [2.05, 4.69) is 15.0 Å². The van der Waals surface area contributed by atoms with Gasteiger partial charge in [-0.3, -0.25) is 14.2 Å². The third-order valence-electron chi connectivity index (χ3n) is 5.76. The highest BCUT2D eigenvalue weighted by Gasteiger charge is 2.36. The van der Waals surface area contributed by atoms with E-state index in [0.717, 1.165) is 12.3 Å². The van der Waals surface area contributed by atoms with Crippen LogP contribution in [0.25, 0.3) is 16.6 Å². The lowest BCUT2D eigenvalue weighted by atomic mass is 10.0. The second-order valence-corrected chi connectivity index (χ2v) is 7.93. The molecule has 1 aromatic carbocycles. The van der Waals surface area contributed by atoms with Crippen molar-refractivity contribution in [2.45, 2.75) is 25.2 Å². The van der Waals surface area contributed by atoms with E-state index >= 15 is 0 Å². The van der Waals surface area contributed by atoms with Gasteiger partial charge in [-0.15, -0.1) is 0 Å². The lowest BCUT2D eigenvalue weighted by Gasteiger charge is -2.40. The summed E-state index contributed by atoms with van der Waals surface area (Å²) in [4.78, 5) is 27.7. The van der Waals surface area contributed by atoms with E-state index < -0.39 is 17.8 Å². The average molecular weight is 456 g/mol. The van der Waals surface area contributed by atoms with Crippen LogP contribution < -0.4 is 5.73 Å². The molecule has 1 fully saturated rings. The Labute approximate surface area is 185 Å². The summed E-state index contributed by atoms with van der Waals surface area (Å²) < 4.78 is 46.2. The Morgan fingerprint density at radius 3 is 2.70 bits per heavy atom. The number of benzene rings is 1. The van der Waals surface area contributed by atoms with Gasteiger partial charge in [-0.1, -0.05) is 0 Å². The molecule has 1 aliphatic rings. The Hall–Kier alpha value is -3.73. The molecule has 11 heteroatoms. The van der Waals surface area contributed by atoms with Crippen LogP contribution in [0.1, 0.15) is 34.6 Å². The monoisotopic (exact) mass is 456 g/mol. The van der Waals surface area contributed by atoms with Gasteiger partial charge in [0.2, 0.25) is 0 Å². The Balaban J connectivity index is 1.53. The molecule has 0 aliphatic carbocycles. The van der Waals surface area contributed by atoms with Gasteiger partial charge in [-0.2, -0.15) is 13.2 Å². The number of anilines is 1. The van der Waals surface area contributed by atoms with E-state index in [1.54, 1.807) is 40.0 Å². The van der Waals surface area contributed by atoms with Gasteiger partial charge in [0.05, 0.1) is 60.1 Å². The van der Waals surface area contributed by atoms with Crippen molar-refractivity contribution in [1.29, 1.82) is 0 Å². The molecule has 1 saturated heterocycles. The number of carbonyl (C=O) groups excluding carboxylic acids is 1. The molecule has 170 valence electrons. The van der Waals surface area contributed by atoms with E-state index in [1.165, 1.54) is 6.07 Å². The number of rotatable bonds is 2. The predicted octanol–water partition coefficient (Wildman–Crippen LogP) is 3.48. The minimum atomic E-state index is -4.49. The van der Waals surface area contributed by atoms with Crippen molar-refractivity contribution in [3.8, 4) is 0 Å². The number of imidazole rings is 1. The van der Waals surface area contributed by atoms with Crippen molar-refractivity contribution in [3.05, 3.63) is 65.9 Å². The fourth-order valence-corrected chi connectivity index (χ4v) is 4.11. The van der Waals surface area contributed by atoms with Crippen LogP contribution in [-0.2, 0) is 10.9 Å². The van der Waals surface area contributed by atoms with Gasteiger partial charge >= 0.3 is 6.18 Å². The standard InChI is InChI=1S/C22H19F3N6O2/c1-12-9-33-10-19(15-5-3-14(7-28-15)22(23,24)25)31(12)21(32)13-2-4-16-17(6-13)30-11-27-8-18(30)20(26)29-16/h2-8,11-12,19H,9-10H2,1H3,(H2,26,29). The van der Waals surface area contributed by atoms with E-state index in [9.17, 15) is 18.0 Å².